The molecule has 0 spiro atoms. The summed E-state index contributed by atoms with van der Waals surface area (Å²) in [6.07, 6.45) is 0.844. The van der Waals surface area contributed by atoms with Gasteiger partial charge in [-0.2, -0.15) is 0 Å². The zero-order valence-corrected chi connectivity index (χ0v) is 15.4. The van der Waals surface area contributed by atoms with E-state index in [2.05, 4.69) is 27.5 Å². The first kappa shape index (κ1) is 17.2. The first-order valence-corrected chi connectivity index (χ1v) is 9.03. The number of aromatic nitrogens is 1. The lowest BCUT2D eigenvalue weighted by Gasteiger charge is -2.11. The fraction of sp³-hybridized carbons (Fsp3) is 0.412. The van der Waals surface area contributed by atoms with Crippen LogP contribution >= 0.6 is 22.9 Å². The van der Waals surface area contributed by atoms with Crippen molar-refractivity contribution in [2.24, 2.45) is 4.99 Å². The zero-order chi connectivity index (χ0) is 17.3. The molecule has 2 N–H and O–H groups in total. The van der Waals surface area contributed by atoms with Crippen LogP contribution in [0.3, 0.4) is 0 Å². The van der Waals surface area contributed by atoms with Crippen LogP contribution in [-0.4, -0.2) is 24.0 Å². The van der Waals surface area contributed by atoms with E-state index >= 15 is 0 Å². The normalized spacial score (nSPS) is 20.1. The minimum Gasteiger partial charge on any atom is -0.353 e. The van der Waals surface area contributed by atoms with Gasteiger partial charge in [0.05, 0.1) is 12.2 Å². The maximum absolute atomic E-state index is 14.0. The summed E-state index contributed by atoms with van der Waals surface area (Å²) in [6.45, 7) is 4.70. The Balaban J connectivity index is 1.57. The van der Waals surface area contributed by atoms with E-state index in [9.17, 15) is 4.39 Å². The van der Waals surface area contributed by atoms with E-state index in [1.165, 1.54) is 10.9 Å². The van der Waals surface area contributed by atoms with Gasteiger partial charge in [-0.05, 0) is 32.4 Å². The van der Waals surface area contributed by atoms with Gasteiger partial charge >= 0.3 is 0 Å². The minimum absolute atomic E-state index is 0.0848. The predicted molar refractivity (Wildman–Crippen MR) is 97.5 cm³/mol. The third kappa shape index (κ3) is 3.70. The maximum Gasteiger partial charge on any atom is 0.191 e. The molecule has 1 saturated carbocycles. The Kier molecular flexibility index (Phi) is 5.06. The number of hydrogen-bond donors (Lipinski definition) is 2. The second-order valence-corrected chi connectivity index (χ2v) is 7.60. The number of hydrogen-bond acceptors (Lipinski definition) is 3. The van der Waals surface area contributed by atoms with Crippen LogP contribution in [0.2, 0.25) is 5.02 Å². The summed E-state index contributed by atoms with van der Waals surface area (Å²) in [4.78, 5) is 9.96. The summed E-state index contributed by atoms with van der Waals surface area (Å²) in [5, 5.41) is 8.10. The highest BCUT2D eigenvalue weighted by Gasteiger charge is 2.41. The Morgan fingerprint density at radius 2 is 2.25 bits per heavy atom. The van der Waals surface area contributed by atoms with E-state index in [0.717, 1.165) is 17.1 Å². The van der Waals surface area contributed by atoms with Gasteiger partial charge in [-0.15, -0.1) is 11.3 Å². The highest BCUT2D eigenvalue weighted by Crippen LogP contribution is 2.44. The van der Waals surface area contributed by atoms with Gasteiger partial charge in [0.1, 0.15) is 10.8 Å². The van der Waals surface area contributed by atoms with Crippen molar-refractivity contribution in [1.82, 2.24) is 15.6 Å². The largest absolute Gasteiger partial charge is 0.353 e. The molecule has 2 unspecified atom stereocenters. The van der Waals surface area contributed by atoms with Crippen molar-refractivity contribution in [2.75, 3.05) is 7.05 Å². The van der Waals surface area contributed by atoms with Crippen LogP contribution in [0.25, 0.3) is 0 Å². The second-order valence-electron chi connectivity index (χ2n) is 5.90. The number of aliphatic imine (C=N–C) groups is 1. The highest BCUT2D eigenvalue weighted by atomic mass is 35.5. The molecule has 1 aliphatic rings. The first-order valence-electron chi connectivity index (χ1n) is 7.83. The van der Waals surface area contributed by atoms with E-state index in [-0.39, 0.29) is 17.8 Å². The predicted octanol–water partition coefficient (Wildman–Crippen LogP) is 3.77. The Labute approximate surface area is 150 Å². The molecule has 2 atom stereocenters. The smallest absolute Gasteiger partial charge is 0.191 e. The summed E-state index contributed by atoms with van der Waals surface area (Å²) in [7, 11) is 1.72. The summed E-state index contributed by atoms with van der Waals surface area (Å²) in [5.74, 6) is 0.538. The molecule has 1 aliphatic carbocycles. The van der Waals surface area contributed by atoms with Gasteiger partial charge in [0.15, 0.2) is 5.96 Å². The Morgan fingerprint density at radius 1 is 1.46 bits per heavy atom. The van der Waals surface area contributed by atoms with Gasteiger partial charge in [0.2, 0.25) is 0 Å². The fourth-order valence-corrected chi connectivity index (χ4v) is 3.86. The van der Waals surface area contributed by atoms with Crippen molar-refractivity contribution in [3.63, 3.8) is 0 Å². The van der Waals surface area contributed by atoms with Crippen LogP contribution in [0, 0.1) is 19.7 Å². The van der Waals surface area contributed by atoms with Crippen molar-refractivity contribution in [2.45, 2.75) is 38.8 Å². The molecule has 3 rings (SSSR count). The molecular weight excluding hydrogens is 347 g/mol. The van der Waals surface area contributed by atoms with Crippen LogP contribution in [0.15, 0.2) is 23.2 Å². The highest BCUT2D eigenvalue weighted by molar-refractivity contribution is 7.11. The molecule has 0 radical (unpaired) electrons. The molecule has 1 heterocycles. The number of rotatable bonds is 4. The van der Waals surface area contributed by atoms with Crippen molar-refractivity contribution in [1.29, 1.82) is 0 Å². The molecule has 0 saturated heterocycles. The quantitative estimate of drug-likeness (QED) is 0.639. The van der Waals surface area contributed by atoms with Crippen molar-refractivity contribution < 1.29 is 4.39 Å². The molecule has 128 valence electrons. The molecule has 1 fully saturated rings. The Bertz CT molecular complexity index is 734. The maximum atomic E-state index is 14.0. The van der Waals surface area contributed by atoms with Crippen molar-refractivity contribution in [3.05, 3.63) is 50.2 Å². The van der Waals surface area contributed by atoms with Gasteiger partial charge in [-0.25, -0.2) is 9.37 Å². The number of nitrogens with one attached hydrogen (secondary N) is 2. The molecule has 4 nitrogen and oxygen atoms in total. The fourth-order valence-electron chi connectivity index (χ4n) is 2.68. The van der Waals surface area contributed by atoms with Crippen LogP contribution in [-0.2, 0) is 6.54 Å². The van der Waals surface area contributed by atoms with Gasteiger partial charge in [-0.1, -0.05) is 17.7 Å². The van der Waals surface area contributed by atoms with Gasteiger partial charge in [0.25, 0.3) is 0 Å². The van der Waals surface area contributed by atoms with Crippen LogP contribution in [0.1, 0.15) is 33.5 Å². The topological polar surface area (TPSA) is 49.3 Å². The Morgan fingerprint density at radius 3 is 2.88 bits per heavy atom. The molecule has 1 aromatic heterocycles. The molecule has 0 bridgehead atoms. The third-order valence-electron chi connectivity index (χ3n) is 4.19. The third-order valence-corrected chi connectivity index (χ3v) is 5.59. The second kappa shape index (κ2) is 7.07. The molecule has 7 heteroatoms. The number of nitrogens with zero attached hydrogens (tertiary/aromatic N) is 2. The summed E-state index contributed by atoms with van der Waals surface area (Å²) in [6, 6.07) is 4.96. The van der Waals surface area contributed by atoms with Gasteiger partial charge < -0.3 is 10.6 Å². The zero-order valence-electron chi connectivity index (χ0n) is 13.9. The van der Waals surface area contributed by atoms with E-state index in [0.29, 0.717) is 23.1 Å². The monoisotopic (exact) mass is 366 g/mol. The van der Waals surface area contributed by atoms with E-state index in [1.54, 1.807) is 30.5 Å². The SMILES string of the molecule is CN=C(NCc1nc(C)c(C)s1)NC1CC1c1c(F)cccc1Cl. The molecule has 1 aromatic carbocycles. The lowest BCUT2D eigenvalue weighted by Crippen LogP contribution is -2.38. The molecule has 0 amide bonds. The van der Waals surface area contributed by atoms with Gasteiger partial charge in [-0.3, -0.25) is 4.99 Å². The standard InChI is InChI=1S/C17H20ClFN4S/c1-9-10(2)24-15(22-9)8-21-17(20-3)23-14-7-11(14)16-12(18)5-4-6-13(16)19/h4-6,11,14H,7-8H2,1-3H3,(H2,20,21,23). The average molecular weight is 367 g/mol. The summed E-state index contributed by atoms with van der Waals surface area (Å²) < 4.78 is 14.0. The lowest BCUT2D eigenvalue weighted by atomic mass is 10.1. The number of thiazole rings is 1. The average Bonchev–Trinajstić information content (AvgIpc) is 3.21. The summed E-state index contributed by atoms with van der Waals surface area (Å²) in [5.41, 5.74) is 1.66. The summed E-state index contributed by atoms with van der Waals surface area (Å²) >= 11 is 7.82. The molecule has 2 aromatic rings. The number of benzene rings is 1. The van der Waals surface area contributed by atoms with Crippen LogP contribution in [0.4, 0.5) is 4.39 Å². The number of aryl methyl sites for hydroxylation is 2. The van der Waals surface area contributed by atoms with E-state index in [1.807, 2.05) is 6.92 Å². The number of halogens is 2. The minimum atomic E-state index is -0.242. The van der Waals surface area contributed by atoms with Crippen molar-refractivity contribution in [3.8, 4) is 0 Å². The van der Waals surface area contributed by atoms with E-state index < -0.39 is 0 Å². The van der Waals surface area contributed by atoms with Crippen LogP contribution < -0.4 is 10.6 Å². The van der Waals surface area contributed by atoms with Gasteiger partial charge in [0, 0.05) is 34.5 Å². The first-order chi connectivity index (χ1) is 11.5. The van der Waals surface area contributed by atoms with Crippen LogP contribution in [0.5, 0.6) is 0 Å². The number of guanidine groups is 1. The molecular formula is C17H20ClFN4S. The lowest BCUT2D eigenvalue weighted by molar-refractivity contribution is 0.608. The molecule has 24 heavy (non-hydrogen) atoms. The van der Waals surface area contributed by atoms with E-state index in [4.69, 9.17) is 11.6 Å². The van der Waals surface area contributed by atoms with Crippen molar-refractivity contribution >= 4 is 28.9 Å². The molecule has 0 aliphatic heterocycles. The Hall–Kier alpha value is -1.66.